The molecule has 5 rings (SSSR count). The van der Waals surface area contributed by atoms with E-state index in [1.165, 1.54) is 0 Å². The number of benzene rings is 1. The zero-order valence-electron chi connectivity index (χ0n) is 18.5. The molecule has 1 aliphatic carbocycles. The number of imidazole rings is 1. The molecule has 4 aromatic rings. The average molecular weight is 447 g/mol. The molecule has 170 valence electrons. The molecule has 0 spiro atoms. The van der Waals surface area contributed by atoms with Crippen molar-refractivity contribution < 1.29 is 19.5 Å². The van der Waals surface area contributed by atoms with Crippen LogP contribution in [0, 0.1) is 13.5 Å². The van der Waals surface area contributed by atoms with Crippen molar-refractivity contribution in [2.45, 2.75) is 57.6 Å². The monoisotopic (exact) mass is 447 g/mol. The van der Waals surface area contributed by atoms with E-state index in [4.69, 9.17) is 26.0 Å². The summed E-state index contributed by atoms with van der Waals surface area (Å²) >= 11 is 0. The van der Waals surface area contributed by atoms with Crippen LogP contribution in [0.1, 0.15) is 55.9 Å². The van der Waals surface area contributed by atoms with Gasteiger partial charge < -0.3 is 19.3 Å². The summed E-state index contributed by atoms with van der Waals surface area (Å²) < 4.78 is 7.56. The Morgan fingerprint density at radius 1 is 1.30 bits per heavy atom. The lowest BCUT2D eigenvalue weighted by Crippen LogP contribution is -2.31. The number of carbonyl (C=O) groups is 1. The van der Waals surface area contributed by atoms with Crippen molar-refractivity contribution in [1.29, 1.82) is 0 Å². The van der Waals surface area contributed by atoms with Crippen molar-refractivity contribution in [3.63, 3.8) is 0 Å². The maximum atomic E-state index is 10.5. The van der Waals surface area contributed by atoms with E-state index in [0.717, 1.165) is 64.9 Å². The standard InChI is InChI=1S/C23H23N5O2.CH2O2/c1-14-10-16(27-30-14)12-21-26-20-13-25-19-5-4-15(24-3)11-18(19)22(20)28(21)17-6-8-23(2,29)9-7-17;2-1-3/h4-5,10-11,13,17,29H,6-9,12H2,1-2H3;1H,(H,2,3). The molecule has 0 bridgehead atoms. The Morgan fingerprint density at radius 3 is 2.67 bits per heavy atom. The first-order chi connectivity index (χ1) is 15.8. The summed E-state index contributed by atoms with van der Waals surface area (Å²) in [6.07, 6.45) is 5.60. The lowest BCUT2D eigenvalue weighted by molar-refractivity contribution is -0.122. The topological polar surface area (TPSA) is 119 Å². The minimum absolute atomic E-state index is 0.223. The average Bonchev–Trinajstić information content (AvgIpc) is 3.37. The second kappa shape index (κ2) is 9.00. The molecular formula is C24H25N5O4. The van der Waals surface area contributed by atoms with Gasteiger partial charge in [0.25, 0.3) is 6.47 Å². The number of carboxylic acid groups (broad SMARTS) is 1. The third-order valence-electron chi connectivity index (χ3n) is 6.11. The highest BCUT2D eigenvalue weighted by Crippen LogP contribution is 2.39. The molecule has 33 heavy (non-hydrogen) atoms. The second-order valence-electron chi connectivity index (χ2n) is 8.64. The fraction of sp³-hybridized carbons (Fsp3) is 0.375. The molecule has 3 heterocycles. The van der Waals surface area contributed by atoms with E-state index < -0.39 is 5.60 Å². The van der Waals surface area contributed by atoms with Crippen molar-refractivity contribution in [1.82, 2.24) is 19.7 Å². The van der Waals surface area contributed by atoms with Crippen molar-refractivity contribution in [2.24, 2.45) is 0 Å². The number of aryl methyl sites for hydroxylation is 1. The SMILES string of the molecule is O=CO.[C-]#[N+]c1ccc2ncc3nc(Cc4cc(C)on4)n(C4CCC(C)(O)CC4)c3c2c1. The molecule has 9 heteroatoms. The van der Waals surface area contributed by atoms with Gasteiger partial charge in [0.05, 0.1) is 41.5 Å². The number of fused-ring (bicyclic) bond motifs is 3. The summed E-state index contributed by atoms with van der Waals surface area (Å²) in [4.78, 5) is 21.4. The number of aliphatic hydroxyl groups is 1. The van der Waals surface area contributed by atoms with Gasteiger partial charge in [0.15, 0.2) is 5.69 Å². The van der Waals surface area contributed by atoms with Crippen LogP contribution in [0.2, 0.25) is 0 Å². The van der Waals surface area contributed by atoms with Gasteiger partial charge in [-0.3, -0.25) is 9.78 Å². The molecule has 1 fully saturated rings. The highest BCUT2D eigenvalue weighted by Gasteiger charge is 2.32. The molecule has 0 amide bonds. The number of pyridine rings is 1. The molecule has 0 atom stereocenters. The third kappa shape index (κ3) is 4.56. The Morgan fingerprint density at radius 2 is 2.03 bits per heavy atom. The predicted octanol–water partition coefficient (Wildman–Crippen LogP) is 4.59. The second-order valence-corrected chi connectivity index (χ2v) is 8.64. The summed E-state index contributed by atoms with van der Waals surface area (Å²) in [5.41, 5.74) is 3.49. The quantitative estimate of drug-likeness (QED) is 0.348. The molecule has 1 aromatic carbocycles. The van der Waals surface area contributed by atoms with Gasteiger partial charge in [-0.2, -0.15) is 0 Å². The number of rotatable bonds is 3. The van der Waals surface area contributed by atoms with E-state index in [0.29, 0.717) is 12.1 Å². The van der Waals surface area contributed by atoms with E-state index in [9.17, 15) is 5.11 Å². The summed E-state index contributed by atoms with van der Waals surface area (Å²) in [6.45, 7) is 11.0. The van der Waals surface area contributed by atoms with Crippen LogP contribution in [-0.4, -0.2) is 42.0 Å². The van der Waals surface area contributed by atoms with Gasteiger partial charge in [-0.05, 0) is 51.7 Å². The Labute approximate surface area is 190 Å². The van der Waals surface area contributed by atoms with E-state index >= 15 is 0 Å². The molecule has 9 nitrogen and oxygen atoms in total. The molecule has 1 saturated carbocycles. The normalized spacial score (nSPS) is 20.2. The van der Waals surface area contributed by atoms with Crippen LogP contribution in [0.15, 0.2) is 35.0 Å². The zero-order valence-corrected chi connectivity index (χ0v) is 18.5. The van der Waals surface area contributed by atoms with Gasteiger partial charge >= 0.3 is 0 Å². The highest BCUT2D eigenvalue weighted by atomic mass is 16.5. The highest BCUT2D eigenvalue weighted by molar-refractivity contribution is 6.03. The Hall–Kier alpha value is -3.77. The zero-order chi connectivity index (χ0) is 23.6. The number of hydrogen-bond donors (Lipinski definition) is 2. The van der Waals surface area contributed by atoms with Crippen LogP contribution in [0.25, 0.3) is 26.8 Å². The first-order valence-electron chi connectivity index (χ1n) is 10.7. The summed E-state index contributed by atoms with van der Waals surface area (Å²) in [7, 11) is 0. The van der Waals surface area contributed by atoms with E-state index in [1.807, 2.05) is 38.2 Å². The van der Waals surface area contributed by atoms with Crippen LogP contribution >= 0.6 is 0 Å². The molecule has 1 aliphatic rings. The fourth-order valence-corrected chi connectivity index (χ4v) is 4.55. The van der Waals surface area contributed by atoms with E-state index in [1.54, 1.807) is 6.07 Å². The maximum absolute atomic E-state index is 10.5. The minimum Gasteiger partial charge on any atom is -0.483 e. The van der Waals surface area contributed by atoms with Crippen molar-refractivity contribution in [3.05, 3.63) is 59.2 Å². The Bertz CT molecular complexity index is 1340. The Kier molecular flexibility index (Phi) is 6.11. The Balaban J connectivity index is 0.000000821. The smallest absolute Gasteiger partial charge is 0.290 e. The van der Waals surface area contributed by atoms with Crippen LogP contribution < -0.4 is 0 Å². The molecule has 2 N–H and O–H groups in total. The van der Waals surface area contributed by atoms with Gasteiger partial charge in [-0.1, -0.05) is 11.2 Å². The molecule has 0 unspecified atom stereocenters. The molecule has 0 saturated heterocycles. The van der Waals surface area contributed by atoms with E-state index in [-0.39, 0.29) is 12.5 Å². The number of nitrogens with zero attached hydrogens (tertiary/aromatic N) is 5. The predicted molar refractivity (Wildman–Crippen MR) is 122 cm³/mol. The molecule has 3 aromatic heterocycles. The van der Waals surface area contributed by atoms with Crippen molar-refractivity contribution >= 4 is 34.1 Å². The first kappa shape index (κ1) is 22.4. The third-order valence-corrected chi connectivity index (χ3v) is 6.11. The van der Waals surface area contributed by atoms with Gasteiger partial charge in [-0.25, -0.2) is 9.83 Å². The van der Waals surface area contributed by atoms with Crippen LogP contribution in [0.3, 0.4) is 0 Å². The molecular weight excluding hydrogens is 422 g/mol. The van der Waals surface area contributed by atoms with Crippen molar-refractivity contribution in [3.8, 4) is 0 Å². The van der Waals surface area contributed by atoms with E-state index in [2.05, 4.69) is 19.6 Å². The lowest BCUT2D eigenvalue weighted by atomic mass is 9.83. The minimum atomic E-state index is -0.614. The fourth-order valence-electron chi connectivity index (χ4n) is 4.55. The van der Waals surface area contributed by atoms with Crippen LogP contribution in [0.4, 0.5) is 5.69 Å². The van der Waals surface area contributed by atoms with Gasteiger partial charge in [0, 0.05) is 17.5 Å². The number of aromatic nitrogens is 4. The molecule has 0 aliphatic heterocycles. The van der Waals surface area contributed by atoms with Crippen molar-refractivity contribution in [2.75, 3.05) is 0 Å². The summed E-state index contributed by atoms with van der Waals surface area (Å²) in [5, 5.41) is 22.4. The number of hydrogen-bond acceptors (Lipinski definition) is 6. The van der Waals surface area contributed by atoms with Gasteiger partial charge in [-0.15, -0.1) is 0 Å². The molecule has 0 radical (unpaired) electrons. The first-order valence-corrected chi connectivity index (χ1v) is 10.7. The van der Waals surface area contributed by atoms with Crippen LogP contribution in [-0.2, 0) is 11.2 Å². The largest absolute Gasteiger partial charge is 0.483 e. The summed E-state index contributed by atoms with van der Waals surface area (Å²) in [5.74, 6) is 1.68. The van der Waals surface area contributed by atoms with Gasteiger partial charge in [0.1, 0.15) is 17.1 Å². The van der Waals surface area contributed by atoms with Gasteiger partial charge in [0.2, 0.25) is 0 Å². The lowest BCUT2D eigenvalue weighted by Gasteiger charge is -2.34. The van der Waals surface area contributed by atoms with Crippen LogP contribution in [0.5, 0.6) is 0 Å². The maximum Gasteiger partial charge on any atom is 0.290 e. The summed E-state index contributed by atoms with van der Waals surface area (Å²) in [6, 6.07) is 7.75.